The Balaban J connectivity index is 1.43. The van der Waals surface area contributed by atoms with Gasteiger partial charge in [0.2, 0.25) is 0 Å². The van der Waals surface area contributed by atoms with E-state index in [0.717, 1.165) is 0 Å². The molecule has 0 spiro atoms. The lowest BCUT2D eigenvalue weighted by atomic mass is 9.35. The van der Waals surface area contributed by atoms with E-state index >= 15 is 0 Å². The molecule has 2 nitrogen and oxygen atoms in total. The maximum Gasteiger partial charge on any atom is 0.264 e. The molecule has 0 N–H and O–H groups in total. The number of nitrogens with zero attached hydrogens (tertiary/aromatic N) is 2. The fourth-order valence-corrected chi connectivity index (χ4v) is 11.8. The van der Waals surface area contributed by atoms with Crippen LogP contribution < -0.4 is 25.5 Å². The van der Waals surface area contributed by atoms with Gasteiger partial charge < -0.3 is 9.80 Å². The highest BCUT2D eigenvalue weighted by atomic mass is 32.1. The molecular weight excluding hydrogens is 683 g/mol. The van der Waals surface area contributed by atoms with Crippen molar-refractivity contribution < 1.29 is 0 Å². The predicted octanol–water partition coefficient (Wildman–Crippen LogP) is 12.7. The summed E-state index contributed by atoms with van der Waals surface area (Å²) < 4.78 is 1.49. The molecule has 5 aromatic carbocycles. The number of hydrogen-bond acceptors (Lipinski definition) is 3. The number of hydrogen-bond donors (Lipinski definition) is 0. The lowest BCUT2D eigenvalue weighted by Crippen LogP contribution is -2.60. The fraction of sp³-hybridized carbons (Fsp3) is 0.333. The molecule has 0 amide bonds. The molecule has 0 fully saturated rings. The van der Waals surface area contributed by atoms with Crippen molar-refractivity contribution in [2.45, 2.75) is 112 Å². The van der Waals surface area contributed by atoms with Gasteiger partial charge in [-0.1, -0.05) is 109 Å². The van der Waals surface area contributed by atoms with E-state index in [-0.39, 0.29) is 23.0 Å². The van der Waals surface area contributed by atoms with Crippen LogP contribution in [0.1, 0.15) is 105 Å². The second-order valence-electron chi connectivity index (χ2n) is 19.2. The van der Waals surface area contributed by atoms with Gasteiger partial charge in [0.05, 0.1) is 11.4 Å². The Hall–Kier alpha value is -4.54. The fourth-order valence-electron chi connectivity index (χ4n) is 10.1. The Morgan fingerprint density at radius 1 is 0.618 bits per heavy atom. The lowest BCUT2D eigenvalue weighted by Gasteiger charge is -2.46. The van der Waals surface area contributed by atoms with Crippen LogP contribution >= 0.6 is 11.3 Å². The topological polar surface area (TPSA) is 6.48 Å². The van der Waals surface area contributed by atoms with Crippen LogP contribution in [0.15, 0.2) is 91.0 Å². The van der Waals surface area contributed by atoms with E-state index in [2.05, 4.69) is 195 Å². The van der Waals surface area contributed by atoms with Crippen molar-refractivity contribution in [3.63, 3.8) is 0 Å². The van der Waals surface area contributed by atoms with Crippen LogP contribution in [0, 0.1) is 34.6 Å². The van der Waals surface area contributed by atoms with Crippen LogP contribution in [0.5, 0.6) is 0 Å². The van der Waals surface area contributed by atoms with Crippen molar-refractivity contribution in [2.75, 3.05) is 9.80 Å². The highest BCUT2D eigenvalue weighted by molar-refractivity contribution is 7.29. The summed E-state index contributed by atoms with van der Waals surface area (Å²) in [6.45, 7) is 28.4. The summed E-state index contributed by atoms with van der Waals surface area (Å²) in [5.74, 6) is 0. The molecule has 0 saturated heterocycles. The average molecular weight is 739 g/mol. The van der Waals surface area contributed by atoms with E-state index in [9.17, 15) is 0 Å². The first-order valence-electron chi connectivity index (χ1n) is 20.3. The van der Waals surface area contributed by atoms with Crippen LogP contribution in [0.4, 0.5) is 34.1 Å². The molecule has 55 heavy (non-hydrogen) atoms. The molecule has 9 rings (SSSR count). The molecule has 3 heterocycles. The zero-order valence-corrected chi connectivity index (χ0v) is 35.8. The summed E-state index contributed by atoms with van der Waals surface area (Å²) in [7, 11) is 0. The molecular formula is C51H55BN2S. The van der Waals surface area contributed by atoms with E-state index in [4.69, 9.17) is 0 Å². The molecule has 0 unspecified atom stereocenters. The van der Waals surface area contributed by atoms with Gasteiger partial charge in [-0.2, -0.15) is 11.3 Å². The highest BCUT2D eigenvalue weighted by Gasteiger charge is 2.51. The maximum absolute atomic E-state index is 2.69. The van der Waals surface area contributed by atoms with Crippen LogP contribution in [0.2, 0.25) is 0 Å². The van der Waals surface area contributed by atoms with Crippen LogP contribution in [0.25, 0.3) is 11.1 Å². The van der Waals surface area contributed by atoms with Crippen LogP contribution in [-0.2, 0) is 16.2 Å². The van der Waals surface area contributed by atoms with Crippen molar-refractivity contribution >= 4 is 67.9 Å². The van der Waals surface area contributed by atoms with Gasteiger partial charge in [-0.25, -0.2) is 0 Å². The van der Waals surface area contributed by atoms with Crippen molar-refractivity contribution in [3.05, 3.63) is 135 Å². The minimum absolute atomic E-state index is 0.0462. The Kier molecular flexibility index (Phi) is 8.03. The lowest BCUT2D eigenvalue weighted by molar-refractivity contribution is 0.339. The van der Waals surface area contributed by atoms with Gasteiger partial charge in [-0.15, -0.1) is 0 Å². The molecule has 1 aromatic heterocycles. The van der Waals surface area contributed by atoms with E-state index < -0.39 is 0 Å². The molecule has 0 bridgehead atoms. The SMILES string of the molecule is Cc1cc2c3c(c1)N(c1c(C)cccc1C)c1ccc(-c4c(C)cccc4C)cc1B3c1sc3c(c1N2c1ccc(C(C)(C)C)cc1)C(C)(C)CCC3(C)C. The van der Waals surface area contributed by atoms with E-state index in [1.165, 1.54) is 107 Å². The minimum atomic E-state index is 0.0462. The molecule has 0 saturated carbocycles. The molecule has 4 heteroatoms. The number of benzene rings is 5. The van der Waals surface area contributed by atoms with Gasteiger partial charge in [-0.05, 0) is 155 Å². The van der Waals surface area contributed by atoms with Gasteiger partial charge in [0.25, 0.3) is 6.71 Å². The Morgan fingerprint density at radius 3 is 1.82 bits per heavy atom. The Bertz CT molecular complexity index is 2500. The minimum Gasteiger partial charge on any atom is -0.311 e. The first-order valence-corrected chi connectivity index (χ1v) is 21.1. The van der Waals surface area contributed by atoms with Crippen molar-refractivity contribution in [3.8, 4) is 11.1 Å². The molecule has 2 aliphatic heterocycles. The van der Waals surface area contributed by atoms with Gasteiger partial charge >= 0.3 is 0 Å². The zero-order chi connectivity index (χ0) is 38.9. The average Bonchev–Trinajstić information content (AvgIpc) is 3.53. The number of anilines is 6. The second-order valence-corrected chi connectivity index (χ2v) is 20.2. The number of aryl methyl sites for hydroxylation is 5. The summed E-state index contributed by atoms with van der Waals surface area (Å²) in [6.07, 6.45) is 2.37. The number of fused-ring (bicyclic) bond motifs is 6. The van der Waals surface area contributed by atoms with Crippen molar-refractivity contribution in [1.82, 2.24) is 0 Å². The Morgan fingerprint density at radius 2 is 1.20 bits per heavy atom. The molecule has 0 radical (unpaired) electrons. The largest absolute Gasteiger partial charge is 0.311 e. The highest BCUT2D eigenvalue weighted by Crippen LogP contribution is 2.56. The first-order chi connectivity index (χ1) is 26.0. The van der Waals surface area contributed by atoms with Gasteiger partial charge in [0.15, 0.2) is 0 Å². The number of rotatable bonds is 3. The summed E-state index contributed by atoms with van der Waals surface area (Å²) in [5, 5.41) is 0. The van der Waals surface area contributed by atoms with Gasteiger partial charge in [0, 0.05) is 32.4 Å². The van der Waals surface area contributed by atoms with Gasteiger partial charge in [0.1, 0.15) is 0 Å². The standard InChI is InChI=1S/C51H55BN2S/c1-30-27-40-44-41(28-30)54(45-33(4)17-14-18-34(45)5)39-24-19-35(42-31(2)15-13-16-32(42)3)29-38(39)52(44)48-46(43-47(55-48)51(11,12)26-25-50(43,9)10)53(40)37-22-20-36(21-23-37)49(6,7)8/h13-24,27-29H,25-26H2,1-12H3. The summed E-state index contributed by atoms with van der Waals surface area (Å²) in [6, 6.07) is 35.3. The summed E-state index contributed by atoms with van der Waals surface area (Å²) >= 11 is 2.11. The summed E-state index contributed by atoms with van der Waals surface area (Å²) in [5.41, 5.74) is 23.0. The zero-order valence-electron chi connectivity index (χ0n) is 35.0. The van der Waals surface area contributed by atoms with Gasteiger partial charge in [-0.3, -0.25) is 0 Å². The summed E-state index contributed by atoms with van der Waals surface area (Å²) in [4.78, 5) is 6.87. The first kappa shape index (κ1) is 36.1. The molecule has 6 aromatic rings. The van der Waals surface area contributed by atoms with E-state index in [1.807, 2.05) is 0 Å². The normalized spacial score (nSPS) is 16.4. The number of para-hydroxylation sites is 1. The predicted molar refractivity (Wildman–Crippen MR) is 241 cm³/mol. The third kappa shape index (κ3) is 5.41. The quantitative estimate of drug-likeness (QED) is 0.167. The second kappa shape index (κ2) is 12.2. The third-order valence-electron chi connectivity index (χ3n) is 13.1. The third-order valence-corrected chi connectivity index (χ3v) is 14.7. The smallest absolute Gasteiger partial charge is 0.264 e. The van der Waals surface area contributed by atoms with Crippen molar-refractivity contribution in [1.29, 1.82) is 0 Å². The van der Waals surface area contributed by atoms with Crippen LogP contribution in [-0.4, -0.2) is 6.71 Å². The molecule has 278 valence electrons. The number of thiophene rings is 1. The maximum atomic E-state index is 2.69. The molecule has 3 aliphatic rings. The molecule has 0 atom stereocenters. The van der Waals surface area contributed by atoms with E-state index in [1.54, 1.807) is 10.4 Å². The van der Waals surface area contributed by atoms with E-state index in [0.29, 0.717) is 0 Å². The monoisotopic (exact) mass is 738 g/mol. The van der Waals surface area contributed by atoms with Crippen molar-refractivity contribution in [2.24, 2.45) is 0 Å². The van der Waals surface area contributed by atoms with Crippen LogP contribution in [0.3, 0.4) is 0 Å². The Labute approximate surface area is 334 Å². The molecule has 1 aliphatic carbocycles.